The fraction of sp³-hybridized carbons (Fsp3) is 0.579. The molecule has 0 radical (unpaired) electrons. The van der Waals surface area contributed by atoms with Gasteiger partial charge in [0.25, 0.3) is 0 Å². The van der Waals surface area contributed by atoms with Crippen molar-refractivity contribution in [3.05, 3.63) is 34.8 Å². The second kappa shape index (κ2) is 8.91. The van der Waals surface area contributed by atoms with Gasteiger partial charge in [0.2, 0.25) is 0 Å². The third-order valence-corrected chi connectivity index (χ3v) is 4.30. The summed E-state index contributed by atoms with van der Waals surface area (Å²) in [5, 5.41) is 15.6. The number of aliphatic hydroxyl groups excluding tert-OH is 1. The van der Waals surface area contributed by atoms with Gasteiger partial charge in [-0.1, -0.05) is 0 Å². The molecule has 2 atom stereocenters. The molecule has 0 fully saturated rings. The van der Waals surface area contributed by atoms with E-state index in [0.717, 1.165) is 0 Å². The molecule has 0 aliphatic rings. The van der Waals surface area contributed by atoms with E-state index >= 15 is 0 Å². The second-order valence-electron chi connectivity index (χ2n) is 8.52. The van der Waals surface area contributed by atoms with Crippen molar-refractivity contribution >= 4 is 23.5 Å². The zero-order valence-electron chi connectivity index (χ0n) is 17.5. The summed E-state index contributed by atoms with van der Waals surface area (Å²) < 4.78 is 11.8. The summed E-state index contributed by atoms with van der Waals surface area (Å²) in [6.45, 7) is 10.6. The van der Waals surface area contributed by atoms with Crippen LogP contribution in [0.25, 0.3) is 0 Å². The third-order valence-electron chi connectivity index (χ3n) is 3.46. The molecule has 2 heterocycles. The normalized spacial score (nSPS) is 14.2. The number of carbonyl (C=O) groups excluding carboxylic acids is 2. The molecule has 0 bridgehead atoms. The molecule has 2 aromatic rings. The van der Waals surface area contributed by atoms with Gasteiger partial charge in [0, 0.05) is 24.2 Å². The number of aromatic nitrogens is 3. The Morgan fingerprint density at radius 3 is 2.38 bits per heavy atom. The van der Waals surface area contributed by atoms with E-state index < -0.39 is 35.5 Å². The van der Waals surface area contributed by atoms with Crippen molar-refractivity contribution < 1.29 is 24.2 Å². The average Bonchev–Trinajstić information content (AvgIpc) is 3.22. The van der Waals surface area contributed by atoms with Gasteiger partial charge in [-0.15, -0.1) is 11.3 Å². The maximum atomic E-state index is 12.2. The van der Waals surface area contributed by atoms with Crippen LogP contribution in [0.4, 0.5) is 9.59 Å². The van der Waals surface area contributed by atoms with Crippen molar-refractivity contribution in [3.63, 3.8) is 0 Å². The fourth-order valence-corrected chi connectivity index (χ4v) is 3.05. The fourth-order valence-electron chi connectivity index (χ4n) is 2.36. The number of nitrogens with one attached hydrogen (secondary N) is 1. The first-order valence-electron chi connectivity index (χ1n) is 9.17. The van der Waals surface area contributed by atoms with Gasteiger partial charge in [-0.05, 0) is 41.5 Å². The minimum atomic E-state index is -1.06. The van der Waals surface area contributed by atoms with E-state index in [2.05, 4.69) is 15.3 Å². The van der Waals surface area contributed by atoms with Gasteiger partial charge < -0.3 is 19.9 Å². The highest BCUT2D eigenvalue weighted by Crippen LogP contribution is 2.22. The van der Waals surface area contributed by atoms with Crippen LogP contribution in [0.5, 0.6) is 0 Å². The zero-order chi connectivity index (χ0) is 21.8. The molecule has 0 saturated carbocycles. The maximum Gasteiger partial charge on any atom is 0.419 e. The molecule has 9 nitrogen and oxygen atoms in total. The summed E-state index contributed by atoms with van der Waals surface area (Å²) >= 11 is 1.27. The summed E-state index contributed by atoms with van der Waals surface area (Å²) in [6.07, 6.45) is 2.30. The van der Waals surface area contributed by atoms with Gasteiger partial charge in [0.05, 0.1) is 11.7 Å². The van der Waals surface area contributed by atoms with Crippen molar-refractivity contribution in [1.82, 2.24) is 19.9 Å². The molecule has 0 aliphatic carbocycles. The van der Waals surface area contributed by atoms with E-state index in [1.807, 2.05) is 0 Å². The number of ether oxygens (including phenoxy) is 2. The van der Waals surface area contributed by atoms with Crippen molar-refractivity contribution in [2.45, 2.75) is 71.3 Å². The molecule has 160 valence electrons. The van der Waals surface area contributed by atoms with E-state index in [-0.39, 0.29) is 6.42 Å². The molecular weight excluding hydrogens is 396 g/mol. The molecule has 2 aromatic heterocycles. The van der Waals surface area contributed by atoms with Gasteiger partial charge in [0.1, 0.15) is 28.6 Å². The lowest BCUT2D eigenvalue weighted by Crippen LogP contribution is -2.43. The molecule has 0 saturated heterocycles. The first-order valence-corrected chi connectivity index (χ1v) is 10.1. The monoisotopic (exact) mass is 424 g/mol. The number of aliphatic hydroxyl groups is 1. The van der Waals surface area contributed by atoms with E-state index in [0.29, 0.717) is 10.7 Å². The summed E-state index contributed by atoms with van der Waals surface area (Å²) in [5.41, 5.74) is -0.824. The Balaban J connectivity index is 2.15. The number of imidazole rings is 1. The van der Waals surface area contributed by atoms with E-state index in [1.165, 1.54) is 28.4 Å². The van der Waals surface area contributed by atoms with Crippen LogP contribution >= 0.6 is 11.3 Å². The van der Waals surface area contributed by atoms with Gasteiger partial charge in [-0.2, -0.15) is 0 Å². The highest BCUT2D eigenvalue weighted by molar-refractivity contribution is 7.09. The van der Waals surface area contributed by atoms with E-state index in [4.69, 9.17) is 9.47 Å². The molecule has 10 heteroatoms. The number of amides is 1. The molecule has 2 N–H and O–H groups in total. The number of hydrogen-bond donors (Lipinski definition) is 2. The second-order valence-corrected chi connectivity index (χ2v) is 9.45. The quantitative estimate of drug-likeness (QED) is 0.756. The minimum absolute atomic E-state index is 0.162. The van der Waals surface area contributed by atoms with Gasteiger partial charge in [0.15, 0.2) is 0 Å². The van der Waals surface area contributed by atoms with Crippen LogP contribution < -0.4 is 5.32 Å². The highest BCUT2D eigenvalue weighted by Gasteiger charge is 2.28. The van der Waals surface area contributed by atoms with Crippen molar-refractivity contribution in [2.75, 3.05) is 0 Å². The topological polar surface area (TPSA) is 116 Å². The molecule has 0 aromatic carbocycles. The average molecular weight is 425 g/mol. The number of carbonyl (C=O) groups is 2. The standard InChI is InChI=1S/C19H28N4O5S/c1-18(2,3)27-16(25)22-13(14(24)15-20-7-8-29-15)9-12-10-23(11-21-12)17(26)28-19(4,5)6/h7-8,10-11,13-14,24H,9H2,1-6H3,(H,22,25). The van der Waals surface area contributed by atoms with Gasteiger partial charge in [-0.3, -0.25) is 0 Å². The Kier molecular flexibility index (Phi) is 7.02. The Labute approximate surface area is 174 Å². The molecule has 0 aliphatic heterocycles. The van der Waals surface area contributed by atoms with E-state index in [1.54, 1.807) is 53.1 Å². The zero-order valence-corrected chi connectivity index (χ0v) is 18.3. The Morgan fingerprint density at radius 1 is 1.17 bits per heavy atom. The van der Waals surface area contributed by atoms with Crippen LogP contribution in [0.3, 0.4) is 0 Å². The van der Waals surface area contributed by atoms with Gasteiger partial charge in [-0.25, -0.2) is 24.1 Å². The molecule has 1 amide bonds. The summed E-state index contributed by atoms with van der Waals surface area (Å²) in [5.74, 6) is 0. The van der Waals surface area contributed by atoms with E-state index in [9.17, 15) is 14.7 Å². The maximum absolute atomic E-state index is 12.2. The Hall–Kier alpha value is -2.46. The minimum Gasteiger partial charge on any atom is -0.444 e. The van der Waals surface area contributed by atoms with Crippen LogP contribution in [-0.2, 0) is 15.9 Å². The smallest absolute Gasteiger partial charge is 0.419 e. The van der Waals surface area contributed by atoms with Gasteiger partial charge >= 0.3 is 12.2 Å². The molecule has 2 rings (SSSR count). The third kappa shape index (κ3) is 7.47. The first-order chi connectivity index (χ1) is 13.3. The van der Waals surface area contributed by atoms with Crippen LogP contribution in [0, 0.1) is 0 Å². The van der Waals surface area contributed by atoms with Crippen LogP contribution in [0.1, 0.15) is 58.3 Å². The summed E-state index contributed by atoms with van der Waals surface area (Å²) in [6, 6.07) is -0.752. The summed E-state index contributed by atoms with van der Waals surface area (Å²) in [7, 11) is 0. The van der Waals surface area contributed by atoms with Crippen LogP contribution in [-0.4, -0.2) is 49.1 Å². The Bertz CT molecular complexity index is 821. The summed E-state index contributed by atoms with van der Waals surface area (Å²) in [4.78, 5) is 32.7. The molecular formula is C19H28N4O5S. The number of alkyl carbamates (subject to hydrolysis) is 1. The number of thiazole rings is 1. The SMILES string of the molecule is CC(C)(C)OC(=O)NC(Cc1cn(C(=O)OC(C)(C)C)cn1)C(O)c1nccs1. The predicted octanol–water partition coefficient (Wildman–Crippen LogP) is 3.29. The lowest BCUT2D eigenvalue weighted by molar-refractivity contribution is 0.0419. The molecule has 2 unspecified atom stereocenters. The van der Waals surface area contributed by atoms with Crippen LogP contribution in [0.15, 0.2) is 24.1 Å². The first kappa shape index (κ1) is 22.8. The van der Waals surface area contributed by atoms with Crippen molar-refractivity contribution in [1.29, 1.82) is 0 Å². The van der Waals surface area contributed by atoms with Crippen LogP contribution in [0.2, 0.25) is 0 Å². The Morgan fingerprint density at radius 2 is 1.83 bits per heavy atom. The van der Waals surface area contributed by atoms with Crippen molar-refractivity contribution in [3.8, 4) is 0 Å². The number of hydrogen-bond acceptors (Lipinski definition) is 8. The lowest BCUT2D eigenvalue weighted by atomic mass is 10.1. The molecule has 0 spiro atoms. The largest absolute Gasteiger partial charge is 0.444 e. The lowest BCUT2D eigenvalue weighted by Gasteiger charge is -2.25. The number of nitrogens with zero attached hydrogens (tertiary/aromatic N) is 3. The molecule has 29 heavy (non-hydrogen) atoms. The number of rotatable bonds is 5. The highest BCUT2D eigenvalue weighted by atomic mass is 32.1. The van der Waals surface area contributed by atoms with Crippen molar-refractivity contribution in [2.24, 2.45) is 0 Å². The predicted molar refractivity (Wildman–Crippen MR) is 108 cm³/mol.